The summed E-state index contributed by atoms with van der Waals surface area (Å²) in [6.45, 7) is 0. The van der Waals surface area contributed by atoms with Crippen LogP contribution in [0.4, 0.5) is 23.2 Å². The molecule has 0 aliphatic carbocycles. The molecule has 0 N–H and O–H groups in total. The van der Waals surface area contributed by atoms with Crippen LogP contribution in [0.25, 0.3) is 0 Å². The highest BCUT2D eigenvalue weighted by atomic mass is 79.9. The van der Waals surface area contributed by atoms with Gasteiger partial charge in [-0.1, -0.05) is 0 Å². The Balaban J connectivity index is 1.87. The molecule has 122 valence electrons. The van der Waals surface area contributed by atoms with Gasteiger partial charge >= 0.3 is 0 Å². The number of hydrogen-bond acceptors (Lipinski definition) is 3. The summed E-state index contributed by atoms with van der Waals surface area (Å²) in [5, 5.41) is 0. The molecule has 1 aromatic rings. The molecular weight excluding hydrogens is 386 g/mol. The molecule has 3 heterocycles. The van der Waals surface area contributed by atoms with E-state index in [1.54, 1.807) is 0 Å². The molecule has 0 aromatic heterocycles. The number of halogens is 5. The first-order valence-corrected chi connectivity index (χ1v) is 7.68. The highest BCUT2D eigenvalue weighted by Crippen LogP contribution is 2.50. The van der Waals surface area contributed by atoms with Crippen molar-refractivity contribution in [3.63, 3.8) is 0 Å². The highest BCUT2D eigenvalue weighted by Gasteiger charge is 2.63. The van der Waals surface area contributed by atoms with Gasteiger partial charge < -0.3 is 4.74 Å². The van der Waals surface area contributed by atoms with Crippen molar-refractivity contribution in [2.45, 2.75) is 25.0 Å². The van der Waals surface area contributed by atoms with E-state index in [1.165, 1.54) is 0 Å². The van der Waals surface area contributed by atoms with Crippen LogP contribution >= 0.6 is 15.9 Å². The molecule has 3 fully saturated rings. The molecule has 0 spiro atoms. The number of benzene rings is 1. The molecule has 23 heavy (non-hydrogen) atoms. The third-order valence-electron chi connectivity index (χ3n) is 4.69. The van der Waals surface area contributed by atoms with E-state index in [2.05, 4.69) is 15.9 Å². The standard InChI is InChI=1S/C14H8BrF4NO3/c15-7-8(16)10(18)12(11(19)9(7)17)20-13(21)5-3-1-2-4(23-3)6(5)14(20)22/h3-6H,1-2H2. The summed E-state index contributed by atoms with van der Waals surface area (Å²) in [4.78, 5) is 25.1. The third-order valence-corrected chi connectivity index (χ3v) is 5.39. The zero-order chi connectivity index (χ0) is 16.6. The Morgan fingerprint density at radius 2 is 1.30 bits per heavy atom. The van der Waals surface area contributed by atoms with Crippen molar-refractivity contribution in [2.75, 3.05) is 4.90 Å². The van der Waals surface area contributed by atoms with E-state index in [1.807, 2.05) is 0 Å². The first-order valence-electron chi connectivity index (χ1n) is 6.89. The van der Waals surface area contributed by atoms with Gasteiger partial charge in [-0.05, 0) is 28.8 Å². The average molecular weight is 394 g/mol. The molecule has 0 saturated carbocycles. The van der Waals surface area contributed by atoms with Gasteiger partial charge in [0.15, 0.2) is 23.3 Å². The number of anilines is 1. The molecule has 3 saturated heterocycles. The topological polar surface area (TPSA) is 46.6 Å². The van der Waals surface area contributed by atoms with Gasteiger partial charge in [0.1, 0.15) is 5.69 Å². The molecule has 3 aliphatic rings. The number of imide groups is 1. The molecule has 1 aromatic carbocycles. The molecule has 4 rings (SSSR count). The Bertz CT molecular complexity index is 714. The van der Waals surface area contributed by atoms with Crippen LogP contribution in [0.2, 0.25) is 0 Å². The minimum Gasteiger partial charge on any atom is -0.373 e. The summed E-state index contributed by atoms with van der Waals surface area (Å²) in [6.07, 6.45) is 0.129. The van der Waals surface area contributed by atoms with Gasteiger partial charge in [-0.3, -0.25) is 9.59 Å². The molecule has 4 nitrogen and oxygen atoms in total. The van der Waals surface area contributed by atoms with Crippen LogP contribution in [-0.2, 0) is 14.3 Å². The molecule has 4 atom stereocenters. The van der Waals surface area contributed by atoms with Gasteiger partial charge in [-0.25, -0.2) is 22.5 Å². The van der Waals surface area contributed by atoms with Crippen molar-refractivity contribution in [1.29, 1.82) is 0 Å². The Morgan fingerprint density at radius 3 is 1.74 bits per heavy atom. The lowest BCUT2D eigenvalue weighted by Gasteiger charge is -2.19. The molecule has 9 heteroatoms. The van der Waals surface area contributed by atoms with Crippen LogP contribution < -0.4 is 4.90 Å². The fourth-order valence-corrected chi connectivity index (χ4v) is 4.07. The van der Waals surface area contributed by atoms with E-state index in [-0.39, 0.29) is 4.90 Å². The van der Waals surface area contributed by atoms with E-state index >= 15 is 0 Å². The van der Waals surface area contributed by atoms with Gasteiger partial charge in [0.2, 0.25) is 11.8 Å². The summed E-state index contributed by atoms with van der Waals surface area (Å²) < 4.78 is 60.0. The average Bonchev–Trinajstić information content (AvgIpc) is 3.20. The summed E-state index contributed by atoms with van der Waals surface area (Å²) in [5.74, 6) is -10.4. The van der Waals surface area contributed by atoms with E-state index in [4.69, 9.17) is 4.74 Å². The van der Waals surface area contributed by atoms with E-state index in [0.29, 0.717) is 12.8 Å². The number of fused-ring (bicyclic) bond motifs is 5. The number of nitrogens with zero attached hydrogens (tertiary/aromatic N) is 1. The van der Waals surface area contributed by atoms with E-state index < -0.39 is 69.3 Å². The number of ether oxygens (including phenoxy) is 1. The minimum atomic E-state index is -1.79. The maximum Gasteiger partial charge on any atom is 0.240 e. The lowest BCUT2D eigenvalue weighted by Crippen LogP contribution is -2.36. The highest BCUT2D eigenvalue weighted by molar-refractivity contribution is 9.10. The lowest BCUT2D eigenvalue weighted by molar-refractivity contribution is -0.124. The first kappa shape index (κ1) is 15.1. The summed E-state index contributed by atoms with van der Waals surface area (Å²) in [5.41, 5.74) is -1.30. The molecule has 0 radical (unpaired) electrons. The second-order valence-corrected chi connectivity index (χ2v) is 6.57. The number of carbonyl (C=O) groups is 2. The van der Waals surface area contributed by atoms with Crippen LogP contribution in [0.3, 0.4) is 0 Å². The third kappa shape index (κ3) is 1.74. The minimum absolute atomic E-state index is 0.229. The van der Waals surface area contributed by atoms with Crippen molar-refractivity contribution < 1.29 is 31.9 Å². The maximum absolute atomic E-state index is 14.1. The number of amides is 2. The van der Waals surface area contributed by atoms with Crippen molar-refractivity contribution >= 4 is 33.4 Å². The Labute approximate surface area is 135 Å². The van der Waals surface area contributed by atoms with Crippen LogP contribution in [0.15, 0.2) is 4.47 Å². The predicted octanol–water partition coefficient (Wildman–Crippen LogP) is 2.67. The summed E-state index contributed by atoms with van der Waals surface area (Å²) in [7, 11) is 0. The fourth-order valence-electron chi connectivity index (χ4n) is 3.72. The second-order valence-electron chi connectivity index (χ2n) is 5.77. The second kappa shape index (κ2) is 4.76. The van der Waals surface area contributed by atoms with Gasteiger partial charge in [-0.15, -0.1) is 0 Å². The fraction of sp³-hybridized carbons (Fsp3) is 0.429. The van der Waals surface area contributed by atoms with Crippen molar-refractivity contribution in [3.05, 3.63) is 27.7 Å². The number of hydrogen-bond donors (Lipinski definition) is 0. The molecule has 2 bridgehead atoms. The molecule has 4 unspecified atom stereocenters. The van der Waals surface area contributed by atoms with Crippen LogP contribution in [0.1, 0.15) is 12.8 Å². The van der Waals surface area contributed by atoms with Crippen LogP contribution in [-0.4, -0.2) is 24.0 Å². The Morgan fingerprint density at radius 1 is 0.870 bits per heavy atom. The normalized spacial score (nSPS) is 32.1. The lowest BCUT2D eigenvalue weighted by atomic mass is 9.81. The smallest absolute Gasteiger partial charge is 0.240 e. The predicted molar refractivity (Wildman–Crippen MR) is 71.3 cm³/mol. The van der Waals surface area contributed by atoms with Gasteiger partial charge in [0.05, 0.1) is 28.5 Å². The largest absolute Gasteiger partial charge is 0.373 e. The Kier molecular flexibility index (Phi) is 3.12. The zero-order valence-electron chi connectivity index (χ0n) is 11.3. The van der Waals surface area contributed by atoms with Gasteiger partial charge in [0.25, 0.3) is 0 Å². The zero-order valence-corrected chi connectivity index (χ0v) is 12.9. The Hall–Kier alpha value is -1.48. The summed E-state index contributed by atoms with van der Waals surface area (Å²) in [6, 6.07) is 0. The van der Waals surface area contributed by atoms with E-state index in [9.17, 15) is 27.2 Å². The van der Waals surface area contributed by atoms with Crippen molar-refractivity contribution in [3.8, 4) is 0 Å². The van der Waals surface area contributed by atoms with Crippen LogP contribution in [0.5, 0.6) is 0 Å². The number of rotatable bonds is 1. The molecular formula is C14H8BrF4NO3. The summed E-state index contributed by atoms with van der Waals surface area (Å²) >= 11 is 2.39. The maximum atomic E-state index is 14.1. The quantitative estimate of drug-likeness (QED) is 0.319. The van der Waals surface area contributed by atoms with Crippen LogP contribution in [0, 0.1) is 35.1 Å². The van der Waals surface area contributed by atoms with Crippen molar-refractivity contribution in [2.24, 2.45) is 11.8 Å². The number of carbonyl (C=O) groups excluding carboxylic acids is 2. The van der Waals surface area contributed by atoms with Crippen molar-refractivity contribution in [1.82, 2.24) is 0 Å². The van der Waals surface area contributed by atoms with Gasteiger partial charge in [-0.2, -0.15) is 0 Å². The van der Waals surface area contributed by atoms with E-state index in [0.717, 1.165) is 0 Å². The molecule has 2 amide bonds. The molecule has 3 aliphatic heterocycles. The SMILES string of the molecule is O=C1C2C3CCC(O3)C2C(=O)N1c1c(F)c(F)c(Br)c(F)c1F. The monoisotopic (exact) mass is 393 g/mol. The first-order chi connectivity index (χ1) is 10.8. The van der Waals surface area contributed by atoms with Gasteiger partial charge in [0, 0.05) is 0 Å².